The number of rotatable bonds is 3. The van der Waals surface area contributed by atoms with Crippen molar-refractivity contribution in [1.82, 2.24) is 9.80 Å². The number of hydrogen-bond acceptors (Lipinski definition) is 4. The lowest BCUT2D eigenvalue weighted by Gasteiger charge is -2.24. The van der Waals surface area contributed by atoms with Crippen molar-refractivity contribution in [1.29, 1.82) is 0 Å². The number of para-hydroxylation sites is 2. The molecule has 2 aliphatic heterocycles. The summed E-state index contributed by atoms with van der Waals surface area (Å²) in [5.41, 5.74) is 0.746. The Hall–Kier alpha value is -2.08. The predicted molar refractivity (Wildman–Crippen MR) is 92.1 cm³/mol. The number of carbonyl (C=O) groups is 2. The number of methoxy groups -OCH3 is 1. The third kappa shape index (κ3) is 3.38. The fraction of sp³-hybridized carbons (Fsp3) is 0.556. The summed E-state index contributed by atoms with van der Waals surface area (Å²) in [6, 6.07) is 7.46. The maximum atomic E-state index is 12.8. The smallest absolute Gasteiger partial charge is 0.228 e. The van der Waals surface area contributed by atoms with Crippen molar-refractivity contribution in [3.63, 3.8) is 0 Å². The van der Waals surface area contributed by atoms with E-state index < -0.39 is 0 Å². The van der Waals surface area contributed by atoms with Gasteiger partial charge in [-0.2, -0.15) is 0 Å². The van der Waals surface area contributed by atoms with Crippen LogP contribution in [-0.4, -0.2) is 68.5 Å². The van der Waals surface area contributed by atoms with Crippen LogP contribution in [0.5, 0.6) is 5.75 Å². The van der Waals surface area contributed by atoms with Gasteiger partial charge in [0.2, 0.25) is 11.8 Å². The van der Waals surface area contributed by atoms with Crippen LogP contribution in [0.25, 0.3) is 0 Å². The summed E-state index contributed by atoms with van der Waals surface area (Å²) in [5.74, 6) is 0.502. The Kier molecular flexibility index (Phi) is 5.04. The molecular formula is C18H25N3O3. The SMILES string of the molecule is COc1ccccc1N1CC(C(=O)N2CCCN(C)CC2)CC1=O. The summed E-state index contributed by atoms with van der Waals surface area (Å²) >= 11 is 0. The van der Waals surface area contributed by atoms with Gasteiger partial charge in [0.15, 0.2) is 0 Å². The van der Waals surface area contributed by atoms with Gasteiger partial charge >= 0.3 is 0 Å². The second kappa shape index (κ2) is 7.21. The Morgan fingerprint density at radius 3 is 2.75 bits per heavy atom. The first-order valence-corrected chi connectivity index (χ1v) is 8.51. The third-order valence-corrected chi connectivity index (χ3v) is 4.88. The van der Waals surface area contributed by atoms with Gasteiger partial charge in [-0.1, -0.05) is 12.1 Å². The van der Waals surface area contributed by atoms with Crippen molar-refractivity contribution in [2.45, 2.75) is 12.8 Å². The molecule has 0 N–H and O–H groups in total. The summed E-state index contributed by atoms with van der Waals surface area (Å²) in [6.45, 7) is 3.87. The van der Waals surface area contributed by atoms with Gasteiger partial charge in [-0.15, -0.1) is 0 Å². The van der Waals surface area contributed by atoms with Gasteiger partial charge in [0, 0.05) is 32.6 Å². The van der Waals surface area contributed by atoms with E-state index in [1.165, 1.54) is 0 Å². The highest BCUT2D eigenvalue weighted by molar-refractivity contribution is 6.01. The molecule has 130 valence electrons. The minimum absolute atomic E-state index is 0.00945. The van der Waals surface area contributed by atoms with Gasteiger partial charge in [-0.25, -0.2) is 0 Å². The Bertz CT molecular complexity index is 619. The van der Waals surface area contributed by atoms with Gasteiger partial charge < -0.3 is 19.4 Å². The fourth-order valence-corrected chi connectivity index (χ4v) is 3.48. The highest BCUT2D eigenvalue weighted by atomic mass is 16.5. The van der Waals surface area contributed by atoms with Crippen LogP contribution in [0.1, 0.15) is 12.8 Å². The van der Waals surface area contributed by atoms with Gasteiger partial charge in [0.05, 0.1) is 18.7 Å². The van der Waals surface area contributed by atoms with Crippen LogP contribution < -0.4 is 9.64 Å². The molecule has 2 saturated heterocycles. The van der Waals surface area contributed by atoms with E-state index in [0.29, 0.717) is 12.3 Å². The van der Waals surface area contributed by atoms with Gasteiger partial charge in [0.1, 0.15) is 5.75 Å². The van der Waals surface area contributed by atoms with Crippen LogP contribution in [0.4, 0.5) is 5.69 Å². The molecule has 1 aromatic carbocycles. The molecule has 6 nitrogen and oxygen atoms in total. The molecular weight excluding hydrogens is 306 g/mol. The van der Waals surface area contributed by atoms with E-state index in [9.17, 15) is 9.59 Å². The van der Waals surface area contributed by atoms with Crippen LogP contribution in [-0.2, 0) is 9.59 Å². The largest absolute Gasteiger partial charge is 0.495 e. The summed E-state index contributed by atoms with van der Waals surface area (Å²) in [7, 11) is 3.67. The molecule has 6 heteroatoms. The van der Waals surface area contributed by atoms with Crippen molar-refractivity contribution >= 4 is 17.5 Å². The number of hydrogen-bond donors (Lipinski definition) is 0. The Labute approximate surface area is 143 Å². The van der Waals surface area contributed by atoms with Gasteiger partial charge in [-0.3, -0.25) is 9.59 Å². The lowest BCUT2D eigenvalue weighted by atomic mass is 10.1. The number of likely N-dealkylation sites (N-methyl/N-ethyl adjacent to an activating group) is 1. The van der Waals surface area contributed by atoms with Crippen molar-refractivity contribution < 1.29 is 14.3 Å². The molecule has 1 unspecified atom stereocenters. The van der Waals surface area contributed by atoms with Crippen LogP contribution in [0.15, 0.2) is 24.3 Å². The van der Waals surface area contributed by atoms with Crippen molar-refractivity contribution in [2.24, 2.45) is 5.92 Å². The Morgan fingerprint density at radius 2 is 1.96 bits per heavy atom. The zero-order valence-corrected chi connectivity index (χ0v) is 14.4. The van der Waals surface area contributed by atoms with E-state index in [2.05, 4.69) is 11.9 Å². The first-order chi connectivity index (χ1) is 11.6. The highest BCUT2D eigenvalue weighted by Gasteiger charge is 2.38. The molecule has 2 fully saturated rings. The van der Waals surface area contributed by atoms with Gasteiger partial charge in [-0.05, 0) is 32.1 Å². The first-order valence-electron chi connectivity index (χ1n) is 8.51. The topological polar surface area (TPSA) is 53.1 Å². The predicted octanol–water partition coefficient (Wildman–Crippen LogP) is 1.21. The van der Waals surface area contributed by atoms with Crippen LogP contribution in [0.3, 0.4) is 0 Å². The number of benzene rings is 1. The van der Waals surface area contributed by atoms with Crippen LogP contribution in [0.2, 0.25) is 0 Å². The number of nitrogens with zero attached hydrogens (tertiary/aromatic N) is 3. The normalized spacial score (nSPS) is 22.6. The first kappa shape index (κ1) is 16.8. The van der Waals surface area contributed by atoms with E-state index in [4.69, 9.17) is 4.74 Å². The summed E-state index contributed by atoms with van der Waals surface area (Å²) in [5, 5.41) is 0. The molecule has 2 heterocycles. The minimum Gasteiger partial charge on any atom is -0.495 e. The van der Waals surface area contributed by atoms with Crippen LogP contribution in [0, 0.1) is 5.92 Å². The second-order valence-electron chi connectivity index (χ2n) is 6.56. The maximum Gasteiger partial charge on any atom is 0.228 e. The van der Waals surface area contributed by atoms with Crippen molar-refractivity contribution in [3.8, 4) is 5.75 Å². The lowest BCUT2D eigenvalue weighted by molar-refractivity contribution is -0.135. The average Bonchev–Trinajstić information content (AvgIpc) is 2.84. The molecule has 2 amide bonds. The zero-order chi connectivity index (χ0) is 17.1. The molecule has 1 aromatic rings. The lowest BCUT2D eigenvalue weighted by Crippen LogP contribution is -2.39. The molecule has 24 heavy (non-hydrogen) atoms. The highest BCUT2D eigenvalue weighted by Crippen LogP contribution is 2.33. The zero-order valence-electron chi connectivity index (χ0n) is 14.4. The van der Waals surface area contributed by atoms with Gasteiger partial charge in [0.25, 0.3) is 0 Å². The molecule has 0 aliphatic carbocycles. The van der Waals surface area contributed by atoms with E-state index in [1.54, 1.807) is 12.0 Å². The van der Waals surface area contributed by atoms with Crippen molar-refractivity contribution in [2.75, 3.05) is 51.8 Å². The molecule has 0 radical (unpaired) electrons. The molecule has 0 bridgehead atoms. The molecule has 2 aliphatic rings. The van der Waals surface area contributed by atoms with E-state index >= 15 is 0 Å². The van der Waals surface area contributed by atoms with E-state index in [0.717, 1.165) is 38.3 Å². The van der Waals surface area contributed by atoms with E-state index in [1.807, 2.05) is 29.2 Å². The Morgan fingerprint density at radius 1 is 1.17 bits per heavy atom. The third-order valence-electron chi connectivity index (χ3n) is 4.88. The monoisotopic (exact) mass is 331 g/mol. The standard InChI is InChI=1S/C18H25N3O3/c1-19-8-5-9-20(11-10-19)18(23)14-12-17(22)21(13-14)15-6-3-4-7-16(15)24-2/h3-4,6-7,14H,5,8-13H2,1-2H3. The molecule has 0 saturated carbocycles. The maximum absolute atomic E-state index is 12.8. The molecule has 3 rings (SSSR count). The summed E-state index contributed by atoms with van der Waals surface area (Å²) in [4.78, 5) is 31.1. The number of anilines is 1. The van der Waals surface area contributed by atoms with Crippen molar-refractivity contribution in [3.05, 3.63) is 24.3 Å². The number of carbonyl (C=O) groups excluding carboxylic acids is 2. The number of amides is 2. The number of ether oxygens (including phenoxy) is 1. The minimum atomic E-state index is -0.259. The summed E-state index contributed by atoms with van der Waals surface area (Å²) in [6.07, 6.45) is 1.27. The quantitative estimate of drug-likeness (QED) is 0.835. The Balaban J connectivity index is 1.71. The molecule has 0 aromatic heterocycles. The fourth-order valence-electron chi connectivity index (χ4n) is 3.48. The second-order valence-corrected chi connectivity index (χ2v) is 6.56. The van der Waals surface area contributed by atoms with Crippen LogP contribution >= 0.6 is 0 Å². The summed E-state index contributed by atoms with van der Waals surface area (Å²) < 4.78 is 5.35. The average molecular weight is 331 g/mol. The van der Waals surface area contributed by atoms with E-state index in [-0.39, 0.29) is 24.2 Å². The molecule has 1 atom stereocenters. The molecule has 0 spiro atoms.